The molecular formula is C11H5F7N2O. The van der Waals surface area contributed by atoms with Crippen LogP contribution in [0.2, 0.25) is 0 Å². The molecule has 1 aromatic carbocycles. The molecule has 0 bridgehead atoms. The van der Waals surface area contributed by atoms with Gasteiger partial charge in [0.25, 0.3) is 5.89 Å². The van der Waals surface area contributed by atoms with Gasteiger partial charge in [-0.3, -0.25) is 0 Å². The predicted octanol–water partition coefficient (Wildman–Crippen LogP) is 4.03. The van der Waals surface area contributed by atoms with Crippen LogP contribution in [-0.2, 0) is 5.92 Å². The summed E-state index contributed by atoms with van der Waals surface area (Å²) in [5, 5.41) is 2.53. The average molecular weight is 314 g/mol. The normalized spacial score (nSPS) is 13.5. The Bertz CT molecular complexity index is 621. The van der Waals surface area contributed by atoms with Crippen molar-refractivity contribution in [2.45, 2.75) is 18.0 Å². The minimum absolute atomic E-state index is 0.0994. The van der Waals surface area contributed by atoms with Crippen LogP contribution in [0.15, 0.2) is 34.9 Å². The molecule has 0 aliphatic carbocycles. The van der Waals surface area contributed by atoms with Crippen LogP contribution in [0, 0.1) is 0 Å². The highest BCUT2D eigenvalue weighted by atomic mass is 19.4. The van der Waals surface area contributed by atoms with Gasteiger partial charge in [-0.05, 0) is 12.1 Å². The predicted molar refractivity (Wildman–Crippen MR) is 54.6 cm³/mol. The van der Waals surface area contributed by atoms with E-state index < -0.39 is 29.7 Å². The monoisotopic (exact) mass is 314 g/mol. The lowest BCUT2D eigenvalue weighted by Gasteiger charge is -2.25. The average Bonchev–Trinajstić information content (AvgIpc) is 2.88. The quantitative estimate of drug-likeness (QED) is 0.803. The van der Waals surface area contributed by atoms with E-state index in [2.05, 4.69) is 14.7 Å². The van der Waals surface area contributed by atoms with Crippen molar-refractivity contribution in [3.8, 4) is 11.5 Å². The topological polar surface area (TPSA) is 38.9 Å². The molecular weight excluding hydrogens is 309 g/mol. The largest absolute Gasteiger partial charge is 0.460 e. The van der Waals surface area contributed by atoms with E-state index in [1.54, 1.807) is 6.07 Å². The van der Waals surface area contributed by atoms with Gasteiger partial charge >= 0.3 is 18.0 Å². The summed E-state index contributed by atoms with van der Waals surface area (Å²) < 4.78 is 92.6. The fourth-order valence-electron chi connectivity index (χ4n) is 1.37. The van der Waals surface area contributed by atoms with Gasteiger partial charge in [-0.15, -0.1) is 0 Å². The first-order valence-corrected chi connectivity index (χ1v) is 5.29. The van der Waals surface area contributed by atoms with Crippen LogP contribution in [0.4, 0.5) is 30.7 Å². The Hall–Kier alpha value is -2.13. The van der Waals surface area contributed by atoms with Crippen molar-refractivity contribution >= 4 is 0 Å². The minimum Gasteiger partial charge on any atom is -0.334 e. The minimum atomic E-state index is -6.45. The molecule has 0 aliphatic heterocycles. The second-order valence-corrected chi connectivity index (χ2v) is 3.94. The van der Waals surface area contributed by atoms with E-state index in [9.17, 15) is 30.7 Å². The SMILES string of the molecule is FC(F)(F)C(F)(F)C(F)(F)c1noc(-c2ccccc2)n1. The summed E-state index contributed by atoms with van der Waals surface area (Å²) in [5.74, 6) is -14.6. The summed E-state index contributed by atoms with van der Waals surface area (Å²) in [6.45, 7) is 0. The zero-order valence-electron chi connectivity index (χ0n) is 9.84. The first-order chi connectivity index (χ1) is 9.57. The van der Waals surface area contributed by atoms with Gasteiger partial charge in [0.1, 0.15) is 0 Å². The van der Waals surface area contributed by atoms with Gasteiger partial charge in [-0.1, -0.05) is 23.4 Å². The van der Waals surface area contributed by atoms with Crippen LogP contribution in [0.3, 0.4) is 0 Å². The van der Waals surface area contributed by atoms with E-state index in [-0.39, 0.29) is 5.56 Å². The van der Waals surface area contributed by atoms with E-state index in [1.165, 1.54) is 24.3 Å². The molecule has 0 atom stereocenters. The Labute approximate surface area is 112 Å². The van der Waals surface area contributed by atoms with Crippen molar-refractivity contribution in [3.05, 3.63) is 36.2 Å². The van der Waals surface area contributed by atoms with Gasteiger partial charge in [0.15, 0.2) is 0 Å². The number of rotatable bonds is 3. The van der Waals surface area contributed by atoms with Crippen LogP contribution >= 0.6 is 0 Å². The number of aromatic nitrogens is 2. The molecule has 1 heterocycles. The van der Waals surface area contributed by atoms with E-state index in [4.69, 9.17) is 0 Å². The number of alkyl halides is 7. The number of halogens is 7. The van der Waals surface area contributed by atoms with E-state index >= 15 is 0 Å². The lowest BCUT2D eigenvalue weighted by Crippen LogP contribution is -2.50. The van der Waals surface area contributed by atoms with Gasteiger partial charge < -0.3 is 4.52 Å². The fraction of sp³-hybridized carbons (Fsp3) is 0.273. The van der Waals surface area contributed by atoms with Crippen LogP contribution in [0.25, 0.3) is 11.5 Å². The fourth-order valence-corrected chi connectivity index (χ4v) is 1.37. The van der Waals surface area contributed by atoms with E-state index in [0.29, 0.717) is 0 Å². The first kappa shape index (κ1) is 15.3. The second kappa shape index (κ2) is 4.71. The molecule has 0 saturated carbocycles. The maximum absolute atomic E-state index is 13.3. The third kappa shape index (κ3) is 2.45. The van der Waals surface area contributed by atoms with Crippen molar-refractivity contribution in [1.29, 1.82) is 0 Å². The summed E-state index contributed by atoms with van der Waals surface area (Å²) in [4.78, 5) is 2.92. The Kier molecular flexibility index (Phi) is 3.42. The zero-order valence-corrected chi connectivity index (χ0v) is 9.84. The molecule has 10 heteroatoms. The molecule has 0 saturated heterocycles. The smallest absolute Gasteiger partial charge is 0.334 e. The number of hydrogen-bond donors (Lipinski definition) is 0. The first-order valence-electron chi connectivity index (χ1n) is 5.29. The molecule has 2 aromatic rings. The van der Waals surface area contributed by atoms with Crippen molar-refractivity contribution in [1.82, 2.24) is 10.1 Å². The maximum Gasteiger partial charge on any atom is 0.460 e. The summed E-state index contributed by atoms with van der Waals surface area (Å²) in [5.41, 5.74) is 0.0994. The zero-order chi connectivity index (χ0) is 15.9. The van der Waals surface area contributed by atoms with Crippen LogP contribution < -0.4 is 0 Å². The number of benzene rings is 1. The second-order valence-electron chi connectivity index (χ2n) is 3.94. The summed E-state index contributed by atoms with van der Waals surface area (Å²) in [6.07, 6.45) is -6.45. The van der Waals surface area contributed by atoms with Crippen molar-refractivity contribution < 1.29 is 35.3 Å². The van der Waals surface area contributed by atoms with Gasteiger partial charge in [0.2, 0.25) is 5.82 Å². The van der Waals surface area contributed by atoms with Crippen LogP contribution in [0.1, 0.15) is 5.82 Å². The van der Waals surface area contributed by atoms with Crippen molar-refractivity contribution in [2.75, 3.05) is 0 Å². The standard InChI is InChI=1S/C11H5F7N2O/c12-9(13,10(14,15)11(16,17)18)8-19-7(21-20-8)6-4-2-1-3-5-6/h1-5H. The van der Waals surface area contributed by atoms with Gasteiger partial charge in [0.05, 0.1) is 0 Å². The van der Waals surface area contributed by atoms with Gasteiger partial charge in [-0.2, -0.15) is 35.7 Å². The van der Waals surface area contributed by atoms with Crippen LogP contribution in [-0.4, -0.2) is 22.2 Å². The number of nitrogens with zero attached hydrogens (tertiary/aromatic N) is 2. The molecule has 0 fully saturated rings. The molecule has 0 radical (unpaired) electrons. The third-order valence-electron chi connectivity index (χ3n) is 2.48. The highest BCUT2D eigenvalue weighted by molar-refractivity contribution is 5.52. The molecule has 0 spiro atoms. The molecule has 0 aliphatic rings. The van der Waals surface area contributed by atoms with Gasteiger partial charge in [0, 0.05) is 5.56 Å². The lowest BCUT2D eigenvalue weighted by molar-refractivity contribution is -0.361. The maximum atomic E-state index is 13.3. The van der Waals surface area contributed by atoms with Crippen molar-refractivity contribution in [2.24, 2.45) is 0 Å². The number of hydrogen-bond acceptors (Lipinski definition) is 3. The summed E-state index contributed by atoms with van der Waals surface area (Å²) >= 11 is 0. The molecule has 2 rings (SSSR count). The third-order valence-corrected chi connectivity index (χ3v) is 2.48. The molecule has 21 heavy (non-hydrogen) atoms. The van der Waals surface area contributed by atoms with Crippen molar-refractivity contribution in [3.63, 3.8) is 0 Å². The summed E-state index contributed by atoms with van der Waals surface area (Å²) in [6, 6.07) is 7.14. The highest BCUT2D eigenvalue weighted by Crippen LogP contribution is 2.51. The summed E-state index contributed by atoms with van der Waals surface area (Å²) in [7, 11) is 0. The molecule has 1 aromatic heterocycles. The molecule has 3 nitrogen and oxygen atoms in total. The van der Waals surface area contributed by atoms with Crippen LogP contribution in [0.5, 0.6) is 0 Å². The van der Waals surface area contributed by atoms with Gasteiger partial charge in [-0.25, -0.2) is 0 Å². The lowest BCUT2D eigenvalue weighted by atomic mass is 10.1. The molecule has 114 valence electrons. The Balaban J connectivity index is 2.41. The Morgan fingerprint density at radius 3 is 1.95 bits per heavy atom. The molecule has 0 N–H and O–H groups in total. The Morgan fingerprint density at radius 2 is 1.43 bits per heavy atom. The molecule has 0 amide bonds. The Morgan fingerprint density at radius 1 is 0.857 bits per heavy atom. The highest BCUT2D eigenvalue weighted by Gasteiger charge is 2.75. The van der Waals surface area contributed by atoms with E-state index in [1.807, 2.05) is 0 Å². The van der Waals surface area contributed by atoms with E-state index in [0.717, 1.165) is 0 Å². The molecule has 0 unspecified atom stereocenters.